The second-order valence-electron chi connectivity index (χ2n) is 6.49. The van der Waals surface area contributed by atoms with Crippen LogP contribution in [0.1, 0.15) is 65.4 Å². The van der Waals surface area contributed by atoms with Crippen molar-refractivity contribution >= 4 is 11.7 Å². The summed E-state index contributed by atoms with van der Waals surface area (Å²) in [5.41, 5.74) is 2.36. The lowest BCUT2D eigenvalue weighted by Crippen LogP contribution is -2.39. The maximum atomic E-state index is 12.9. The maximum Gasteiger partial charge on any atom is 0.270 e. The molecule has 0 bridgehead atoms. The van der Waals surface area contributed by atoms with E-state index in [4.69, 9.17) is 0 Å². The summed E-state index contributed by atoms with van der Waals surface area (Å²) in [4.78, 5) is 29.3. The number of Topliss-reactive ketones (excluding diaryl/α,β-unsaturated/α-hetero) is 1. The number of aromatic nitrogens is 1. The molecule has 0 spiro atoms. The van der Waals surface area contributed by atoms with Gasteiger partial charge in [0.05, 0.1) is 0 Å². The second kappa shape index (κ2) is 7.04. The van der Waals surface area contributed by atoms with E-state index in [-0.39, 0.29) is 17.7 Å². The molecule has 1 saturated heterocycles. The molecule has 126 valence electrons. The highest BCUT2D eigenvalue weighted by atomic mass is 16.2. The minimum absolute atomic E-state index is 0.000573. The molecule has 4 nitrogen and oxygen atoms in total. The Morgan fingerprint density at radius 1 is 1.29 bits per heavy atom. The number of nitrogens with one attached hydrogen (secondary N) is 1. The van der Waals surface area contributed by atoms with E-state index in [2.05, 4.69) is 36.2 Å². The minimum Gasteiger partial charge on any atom is -0.356 e. The Morgan fingerprint density at radius 2 is 2.04 bits per heavy atom. The maximum absolute atomic E-state index is 12.9. The quantitative estimate of drug-likeness (QED) is 0.845. The number of carbonyl (C=O) groups is 2. The Labute approximate surface area is 142 Å². The fourth-order valence-electron chi connectivity index (χ4n) is 3.77. The predicted molar refractivity (Wildman–Crippen MR) is 94.3 cm³/mol. The number of amides is 1. The lowest BCUT2D eigenvalue weighted by Gasteiger charge is -2.31. The summed E-state index contributed by atoms with van der Waals surface area (Å²) < 4.78 is 0. The molecule has 2 unspecified atom stereocenters. The summed E-state index contributed by atoms with van der Waals surface area (Å²) in [7, 11) is 0. The van der Waals surface area contributed by atoms with E-state index in [1.54, 1.807) is 12.3 Å². The number of likely N-dealkylation sites (tertiary alicyclic amines) is 1. The lowest BCUT2D eigenvalue weighted by atomic mass is 9.87. The molecule has 2 aromatic rings. The monoisotopic (exact) mass is 324 g/mol. The van der Waals surface area contributed by atoms with E-state index in [1.165, 1.54) is 12.5 Å². The van der Waals surface area contributed by atoms with Crippen LogP contribution >= 0.6 is 0 Å². The van der Waals surface area contributed by atoms with Crippen LogP contribution in [0.4, 0.5) is 0 Å². The number of rotatable bonds is 5. The predicted octanol–water partition coefficient (Wildman–Crippen LogP) is 4.02. The smallest absolute Gasteiger partial charge is 0.270 e. The Kier molecular flexibility index (Phi) is 4.84. The van der Waals surface area contributed by atoms with Gasteiger partial charge in [0.1, 0.15) is 5.69 Å². The van der Waals surface area contributed by atoms with Crippen LogP contribution < -0.4 is 0 Å². The number of benzene rings is 1. The van der Waals surface area contributed by atoms with Crippen LogP contribution in [0.3, 0.4) is 0 Å². The summed E-state index contributed by atoms with van der Waals surface area (Å²) in [6.07, 6.45) is 4.68. The van der Waals surface area contributed by atoms with Crippen molar-refractivity contribution in [2.24, 2.45) is 0 Å². The SMILES string of the molecule is CCC(c1ccccc1)C1CCCN1C(=O)c1cc(C(C)=O)c[nH]1. The van der Waals surface area contributed by atoms with Gasteiger partial charge in [0.25, 0.3) is 5.91 Å². The van der Waals surface area contributed by atoms with Gasteiger partial charge in [-0.05, 0) is 37.8 Å². The van der Waals surface area contributed by atoms with Gasteiger partial charge < -0.3 is 9.88 Å². The molecule has 2 atom stereocenters. The van der Waals surface area contributed by atoms with Crippen LogP contribution in [0, 0.1) is 0 Å². The van der Waals surface area contributed by atoms with Crippen molar-refractivity contribution in [3.8, 4) is 0 Å². The summed E-state index contributed by atoms with van der Waals surface area (Å²) in [5, 5.41) is 0. The third-order valence-electron chi connectivity index (χ3n) is 5.01. The Morgan fingerprint density at radius 3 is 2.67 bits per heavy atom. The molecule has 0 aliphatic carbocycles. The Bertz CT molecular complexity index is 720. The van der Waals surface area contributed by atoms with Crippen LogP contribution in [-0.2, 0) is 0 Å². The third-order valence-corrected chi connectivity index (χ3v) is 5.01. The van der Waals surface area contributed by atoms with Gasteiger partial charge in [0.2, 0.25) is 0 Å². The normalized spacial score (nSPS) is 18.6. The molecular weight excluding hydrogens is 300 g/mol. The number of hydrogen-bond donors (Lipinski definition) is 1. The summed E-state index contributed by atoms with van der Waals surface area (Å²) in [6, 6.07) is 12.3. The average molecular weight is 324 g/mol. The van der Waals surface area contributed by atoms with Crippen molar-refractivity contribution < 1.29 is 9.59 Å². The van der Waals surface area contributed by atoms with E-state index in [0.29, 0.717) is 17.2 Å². The number of ketones is 1. The fourth-order valence-corrected chi connectivity index (χ4v) is 3.77. The van der Waals surface area contributed by atoms with E-state index < -0.39 is 0 Å². The molecule has 1 aliphatic heterocycles. The number of aromatic amines is 1. The van der Waals surface area contributed by atoms with Crippen LogP contribution in [-0.4, -0.2) is 34.2 Å². The lowest BCUT2D eigenvalue weighted by molar-refractivity contribution is 0.0709. The van der Waals surface area contributed by atoms with Gasteiger partial charge in [-0.2, -0.15) is 0 Å². The third kappa shape index (κ3) is 3.14. The highest BCUT2D eigenvalue weighted by molar-refractivity contribution is 5.99. The first-order valence-corrected chi connectivity index (χ1v) is 8.67. The Hall–Kier alpha value is -2.36. The van der Waals surface area contributed by atoms with E-state index >= 15 is 0 Å². The van der Waals surface area contributed by atoms with Crippen molar-refractivity contribution in [3.05, 3.63) is 59.4 Å². The number of carbonyl (C=O) groups excluding carboxylic acids is 2. The van der Waals surface area contributed by atoms with Crippen molar-refractivity contribution in [2.75, 3.05) is 6.54 Å². The molecule has 4 heteroatoms. The topological polar surface area (TPSA) is 53.2 Å². The summed E-state index contributed by atoms with van der Waals surface area (Å²) in [5.74, 6) is 0.318. The standard InChI is InChI=1S/C20H24N2O2/c1-3-17(15-8-5-4-6-9-15)19-10-7-11-22(19)20(24)18-12-16(13-21-18)14(2)23/h4-6,8-9,12-13,17,19,21H,3,7,10-11H2,1-2H3. The molecule has 0 saturated carbocycles. The van der Waals surface area contributed by atoms with Crippen molar-refractivity contribution in [1.82, 2.24) is 9.88 Å². The summed E-state index contributed by atoms with van der Waals surface area (Å²) >= 11 is 0. The van der Waals surface area contributed by atoms with Crippen LogP contribution in [0.15, 0.2) is 42.6 Å². The minimum atomic E-state index is -0.0287. The first-order chi connectivity index (χ1) is 11.6. The molecule has 1 fully saturated rings. The fraction of sp³-hybridized carbons (Fsp3) is 0.400. The van der Waals surface area contributed by atoms with Crippen molar-refractivity contribution in [2.45, 2.75) is 45.1 Å². The molecule has 1 aromatic heterocycles. The second-order valence-corrected chi connectivity index (χ2v) is 6.49. The molecule has 0 radical (unpaired) electrons. The first-order valence-electron chi connectivity index (χ1n) is 8.67. The largest absolute Gasteiger partial charge is 0.356 e. The zero-order valence-electron chi connectivity index (χ0n) is 14.3. The number of nitrogens with zero attached hydrogens (tertiary/aromatic N) is 1. The first kappa shape index (κ1) is 16.5. The molecular formula is C20H24N2O2. The summed E-state index contributed by atoms with van der Waals surface area (Å²) in [6.45, 7) is 4.47. The number of hydrogen-bond acceptors (Lipinski definition) is 2. The van der Waals surface area contributed by atoms with Gasteiger partial charge in [0.15, 0.2) is 5.78 Å². The van der Waals surface area contributed by atoms with E-state index in [1.807, 2.05) is 11.0 Å². The molecule has 2 heterocycles. The number of H-pyrrole nitrogens is 1. The zero-order valence-corrected chi connectivity index (χ0v) is 14.3. The molecule has 1 amide bonds. The average Bonchev–Trinajstić information content (AvgIpc) is 3.26. The van der Waals surface area contributed by atoms with E-state index in [0.717, 1.165) is 25.8 Å². The van der Waals surface area contributed by atoms with Crippen molar-refractivity contribution in [3.63, 3.8) is 0 Å². The highest BCUT2D eigenvalue weighted by Gasteiger charge is 2.35. The van der Waals surface area contributed by atoms with Crippen LogP contribution in [0.2, 0.25) is 0 Å². The van der Waals surface area contributed by atoms with Gasteiger partial charge in [-0.25, -0.2) is 0 Å². The van der Waals surface area contributed by atoms with Crippen LogP contribution in [0.25, 0.3) is 0 Å². The zero-order chi connectivity index (χ0) is 17.1. The highest BCUT2D eigenvalue weighted by Crippen LogP contribution is 2.34. The van der Waals surface area contributed by atoms with Gasteiger partial charge in [-0.3, -0.25) is 9.59 Å². The van der Waals surface area contributed by atoms with Gasteiger partial charge >= 0.3 is 0 Å². The Balaban J connectivity index is 1.83. The molecule has 24 heavy (non-hydrogen) atoms. The van der Waals surface area contributed by atoms with Crippen LogP contribution in [0.5, 0.6) is 0 Å². The van der Waals surface area contributed by atoms with Gasteiger partial charge in [-0.15, -0.1) is 0 Å². The molecule has 1 N–H and O–H groups in total. The van der Waals surface area contributed by atoms with Gasteiger partial charge in [0, 0.05) is 30.3 Å². The van der Waals surface area contributed by atoms with E-state index in [9.17, 15) is 9.59 Å². The molecule has 1 aliphatic rings. The van der Waals surface area contributed by atoms with Crippen molar-refractivity contribution in [1.29, 1.82) is 0 Å². The van der Waals surface area contributed by atoms with Gasteiger partial charge in [-0.1, -0.05) is 37.3 Å². The molecule has 3 rings (SSSR count). The molecule has 1 aromatic carbocycles.